The lowest BCUT2D eigenvalue weighted by Crippen LogP contribution is -2.29. The lowest BCUT2D eigenvalue weighted by Gasteiger charge is -2.23. The lowest BCUT2D eigenvalue weighted by atomic mass is 9.95. The Bertz CT molecular complexity index is 1500. The molecular formula is C27H21ClN2O5S. The van der Waals surface area contributed by atoms with Crippen LogP contribution in [0.2, 0.25) is 5.02 Å². The molecule has 7 nitrogen and oxygen atoms in total. The average Bonchev–Trinajstić information content (AvgIpc) is 3.42. The van der Waals surface area contributed by atoms with Crippen LogP contribution in [0.4, 0.5) is 5.13 Å². The number of hydrogen-bond donors (Lipinski definition) is 1. The molecule has 182 valence electrons. The topological polar surface area (TPSA) is 89.0 Å². The van der Waals surface area contributed by atoms with Gasteiger partial charge in [-0.25, -0.2) is 4.98 Å². The smallest absolute Gasteiger partial charge is 0.301 e. The molecule has 4 aromatic rings. The van der Waals surface area contributed by atoms with Gasteiger partial charge in [0.25, 0.3) is 5.78 Å². The van der Waals surface area contributed by atoms with E-state index in [1.807, 2.05) is 13.0 Å². The van der Waals surface area contributed by atoms with Crippen LogP contribution in [-0.2, 0) is 9.59 Å². The summed E-state index contributed by atoms with van der Waals surface area (Å²) in [6.45, 7) is 2.39. The Morgan fingerprint density at radius 2 is 1.75 bits per heavy atom. The summed E-state index contributed by atoms with van der Waals surface area (Å²) in [6, 6.07) is 18.0. The zero-order chi connectivity index (χ0) is 25.4. The van der Waals surface area contributed by atoms with Gasteiger partial charge in [0.1, 0.15) is 17.3 Å². The zero-order valence-corrected chi connectivity index (χ0v) is 21.0. The first-order chi connectivity index (χ1) is 17.4. The Morgan fingerprint density at radius 3 is 2.42 bits per heavy atom. The largest absolute Gasteiger partial charge is 0.507 e. The molecule has 1 aliphatic heterocycles. The van der Waals surface area contributed by atoms with Gasteiger partial charge in [0.2, 0.25) is 0 Å². The van der Waals surface area contributed by atoms with E-state index in [-0.39, 0.29) is 11.3 Å². The van der Waals surface area contributed by atoms with Gasteiger partial charge in [0, 0.05) is 10.6 Å². The maximum absolute atomic E-state index is 13.4. The molecule has 0 aliphatic carbocycles. The molecule has 0 radical (unpaired) electrons. The minimum Gasteiger partial charge on any atom is -0.507 e. The quantitative estimate of drug-likeness (QED) is 0.191. The van der Waals surface area contributed by atoms with Gasteiger partial charge in [-0.1, -0.05) is 35.1 Å². The number of anilines is 1. The van der Waals surface area contributed by atoms with Crippen molar-refractivity contribution in [2.45, 2.75) is 13.0 Å². The van der Waals surface area contributed by atoms with Crippen LogP contribution in [0.15, 0.2) is 72.3 Å². The Hall–Kier alpha value is -3.88. The summed E-state index contributed by atoms with van der Waals surface area (Å²) in [5.74, 6) is -0.531. The molecular weight excluding hydrogens is 500 g/mol. The number of fused-ring (bicyclic) bond motifs is 1. The molecule has 0 unspecified atom stereocenters. The molecule has 1 atom stereocenters. The predicted octanol–water partition coefficient (Wildman–Crippen LogP) is 5.98. The first-order valence-electron chi connectivity index (χ1n) is 11.2. The lowest BCUT2D eigenvalue weighted by molar-refractivity contribution is -0.132. The third-order valence-corrected chi connectivity index (χ3v) is 7.13. The van der Waals surface area contributed by atoms with E-state index in [0.717, 1.165) is 4.70 Å². The molecule has 2 heterocycles. The molecule has 1 fully saturated rings. The molecule has 0 spiro atoms. The van der Waals surface area contributed by atoms with E-state index < -0.39 is 17.7 Å². The van der Waals surface area contributed by atoms with Crippen molar-refractivity contribution in [3.8, 4) is 11.5 Å². The number of aliphatic hydroxyl groups excluding tert-OH is 1. The Labute approximate surface area is 216 Å². The van der Waals surface area contributed by atoms with Gasteiger partial charge < -0.3 is 14.6 Å². The molecule has 1 aliphatic rings. The standard InChI is InChI=1S/C27H21ClN2O5S/c1-3-35-18-10-6-15(7-11-18)23-22(24(31)16-4-8-17(28)9-5-16)25(32)26(33)30(23)27-29-20-13-12-19(34-2)14-21(20)36-27/h4-14,23,31H,3H2,1-2H3/b24-22+/t23-/m0/s1. The number of halogens is 1. The fourth-order valence-electron chi connectivity index (χ4n) is 4.14. The number of Topliss-reactive ketones (excluding diaryl/α,β-unsaturated/α-hetero) is 1. The van der Waals surface area contributed by atoms with Gasteiger partial charge in [-0.2, -0.15) is 0 Å². The number of thiazole rings is 1. The highest BCUT2D eigenvalue weighted by atomic mass is 35.5. The first kappa shape index (κ1) is 23.8. The molecule has 1 amide bonds. The second kappa shape index (κ2) is 9.64. The highest BCUT2D eigenvalue weighted by Gasteiger charge is 2.48. The third kappa shape index (κ3) is 4.19. The average molecular weight is 521 g/mol. The summed E-state index contributed by atoms with van der Waals surface area (Å²) >= 11 is 7.27. The van der Waals surface area contributed by atoms with E-state index in [2.05, 4.69) is 4.98 Å². The van der Waals surface area contributed by atoms with E-state index in [1.54, 1.807) is 67.8 Å². The summed E-state index contributed by atoms with van der Waals surface area (Å²) in [7, 11) is 1.57. The van der Waals surface area contributed by atoms with E-state index in [4.69, 9.17) is 21.1 Å². The first-order valence-corrected chi connectivity index (χ1v) is 12.3. The van der Waals surface area contributed by atoms with Crippen molar-refractivity contribution in [3.63, 3.8) is 0 Å². The monoisotopic (exact) mass is 520 g/mol. The summed E-state index contributed by atoms with van der Waals surface area (Å²) in [4.78, 5) is 32.7. The molecule has 1 saturated heterocycles. The van der Waals surface area contributed by atoms with Crippen LogP contribution in [0.5, 0.6) is 11.5 Å². The third-order valence-electron chi connectivity index (χ3n) is 5.86. The fraction of sp³-hybridized carbons (Fsp3) is 0.148. The highest BCUT2D eigenvalue weighted by Crippen LogP contribution is 2.45. The van der Waals surface area contributed by atoms with Gasteiger partial charge in [-0.3, -0.25) is 14.5 Å². The van der Waals surface area contributed by atoms with Crippen LogP contribution in [0, 0.1) is 0 Å². The summed E-state index contributed by atoms with van der Waals surface area (Å²) in [5.41, 5.74) is 1.65. The number of hydrogen-bond acceptors (Lipinski definition) is 7. The van der Waals surface area contributed by atoms with Crippen molar-refractivity contribution < 1.29 is 24.2 Å². The molecule has 0 bridgehead atoms. The number of nitrogens with zero attached hydrogens (tertiary/aromatic N) is 2. The predicted molar refractivity (Wildman–Crippen MR) is 140 cm³/mol. The number of benzene rings is 3. The maximum Gasteiger partial charge on any atom is 0.301 e. The van der Waals surface area contributed by atoms with Gasteiger partial charge in [-0.05, 0) is 67.1 Å². The number of ketones is 1. The summed E-state index contributed by atoms with van der Waals surface area (Å²) < 4.78 is 11.7. The molecule has 0 saturated carbocycles. The minimum atomic E-state index is -0.890. The van der Waals surface area contributed by atoms with Crippen molar-refractivity contribution in [1.82, 2.24) is 4.98 Å². The molecule has 1 N–H and O–H groups in total. The van der Waals surface area contributed by atoms with Crippen LogP contribution in [0.1, 0.15) is 24.1 Å². The molecule has 5 rings (SSSR count). The van der Waals surface area contributed by atoms with Crippen molar-refractivity contribution in [2.75, 3.05) is 18.6 Å². The number of amides is 1. The van der Waals surface area contributed by atoms with Crippen molar-refractivity contribution in [2.24, 2.45) is 0 Å². The zero-order valence-electron chi connectivity index (χ0n) is 19.4. The van der Waals surface area contributed by atoms with Gasteiger partial charge in [0.15, 0.2) is 5.13 Å². The van der Waals surface area contributed by atoms with E-state index in [9.17, 15) is 14.7 Å². The van der Waals surface area contributed by atoms with Crippen molar-refractivity contribution in [1.29, 1.82) is 0 Å². The SMILES string of the molecule is CCOc1ccc([C@H]2/C(=C(\O)c3ccc(Cl)cc3)C(=O)C(=O)N2c2nc3ccc(OC)cc3s2)cc1. The van der Waals surface area contributed by atoms with Gasteiger partial charge >= 0.3 is 5.91 Å². The minimum absolute atomic E-state index is 0.0247. The summed E-state index contributed by atoms with van der Waals surface area (Å²) in [6.07, 6.45) is 0. The van der Waals surface area contributed by atoms with Crippen LogP contribution in [-0.4, -0.2) is 35.5 Å². The highest BCUT2D eigenvalue weighted by molar-refractivity contribution is 7.22. The molecule has 1 aromatic heterocycles. The second-order valence-electron chi connectivity index (χ2n) is 8.01. The van der Waals surface area contributed by atoms with Crippen LogP contribution < -0.4 is 14.4 Å². The Balaban J connectivity index is 1.69. The molecule has 3 aromatic carbocycles. The van der Waals surface area contributed by atoms with Crippen LogP contribution in [0.3, 0.4) is 0 Å². The van der Waals surface area contributed by atoms with Crippen molar-refractivity contribution >= 4 is 55.7 Å². The number of aromatic nitrogens is 1. The van der Waals surface area contributed by atoms with Gasteiger partial charge in [-0.15, -0.1) is 0 Å². The number of carbonyl (C=O) groups is 2. The fourth-order valence-corrected chi connectivity index (χ4v) is 5.29. The Morgan fingerprint density at radius 1 is 1.06 bits per heavy atom. The van der Waals surface area contributed by atoms with Crippen LogP contribution >= 0.6 is 22.9 Å². The van der Waals surface area contributed by atoms with E-state index in [1.165, 1.54) is 16.2 Å². The molecule has 9 heteroatoms. The maximum atomic E-state index is 13.4. The number of ether oxygens (including phenoxy) is 2. The second-order valence-corrected chi connectivity index (χ2v) is 9.45. The number of methoxy groups -OCH3 is 1. The summed E-state index contributed by atoms with van der Waals surface area (Å²) in [5, 5.41) is 12.0. The van der Waals surface area contributed by atoms with Gasteiger partial charge in [0.05, 0.1) is 35.5 Å². The van der Waals surface area contributed by atoms with Crippen LogP contribution in [0.25, 0.3) is 16.0 Å². The molecule has 36 heavy (non-hydrogen) atoms. The van der Waals surface area contributed by atoms with Crippen molar-refractivity contribution in [3.05, 3.63) is 88.5 Å². The Kier molecular flexibility index (Phi) is 6.38. The number of rotatable bonds is 6. The number of carbonyl (C=O) groups excluding carboxylic acids is 2. The van der Waals surface area contributed by atoms with E-state index in [0.29, 0.717) is 44.9 Å². The number of aliphatic hydroxyl groups is 1. The van der Waals surface area contributed by atoms with E-state index >= 15 is 0 Å². The normalized spacial score (nSPS) is 17.1.